The maximum absolute atomic E-state index is 10.5. The Hall–Kier alpha value is -0.180. The Labute approximate surface area is 141 Å². The van der Waals surface area contributed by atoms with Crippen molar-refractivity contribution >= 4 is 17.7 Å². The number of carboxylic acids is 1. The summed E-state index contributed by atoms with van der Waals surface area (Å²) in [5, 5.41) is 8.63. The van der Waals surface area contributed by atoms with Gasteiger partial charge in [0.25, 0.3) is 0 Å². The quantitative estimate of drug-likeness (QED) is 0.389. The van der Waals surface area contributed by atoms with E-state index < -0.39 is 5.97 Å². The molecule has 0 amide bonds. The van der Waals surface area contributed by atoms with Gasteiger partial charge in [-0.15, -0.1) is 0 Å². The number of carboxylic acid groups (broad SMARTS) is 1. The number of hydrogen-bond acceptors (Lipinski definition) is 2. The minimum absolute atomic E-state index is 0.347. The summed E-state index contributed by atoms with van der Waals surface area (Å²) >= 11 is 2.16. The van der Waals surface area contributed by atoms with E-state index in [-0.39, 0.29) is 0 Å². The van der Waals surface area contributed by atoms with Gasteiger partial charge in [0.15, 0.2) is 0 Å². The summed E-state index contributed by atoms with van der Waals surface area (Å²) in [6.45, 7) is 2.28. The van der Waals surface area contributed by atoms with Crippen LogP contribution in [0.5, 0.6) is 0 Å². The van der Waals surface area contributed by atoms with E-state index in [2.05, 4.69) is 18.7 Å². The number of carbonyl (C=O) groups is 1. The first-order valence-corrected chi connectivity index (χ1v) is 10.7. The molecule has 0 aromatic carbocycles. The van der Waals surface area contributed by atoms with Crippen LogP contribution < -0.4 is 0 Å². The molecule has 0 aromatic heterocycles. The molecule has 2 nitrogen and oxygen atoms in total. The zero-order valence-electron chi connectivity index (χ0n) is 14.5. The van der Waals surface area contributed by atoms with Crippen LogP contribution in [0.2, 0.25) is 0 Å². The molecular formula is C19H36O2S. The Balaban J connectivity index is 1.99. The predicted molar refractivity (Wildman–Crippen MR) is 97.6 cm³/mol. The smallest absolute Gasteiger partial charge is 0.303 e. The van der Waals surface area contributed by atoms with Crippen molar-refractivity contribution in [2.45, 2.75) is 90.4 Å². The fourth-order valence-electron chi connectivity index (χ4n) is 3.50. The van der Waals surface area contributed by atoms with Crippen LogP contribution in [0.1, 0.15) is 90.4 Å². The molecule has 3 heteroatoms. The maximum atomic E-state index is 10.5. The van der Waals surface area contributed by atoms with Gasteiger partial charge in [0.05, 0.1) is 0 Å². The highest BCUT2D eigenvalue weighted by molar-refractivity contribution is 7.99. The number of rotatable bonds is 14. The van der Waals surface area contributed by atoms with E-state index in [0.717, 1.165) is 24.7 Å². The minimum Gasteiger partial charge on any atom is -0.481 e. The summed E-state index contributed by atoms with van der Waals surface area (Å²) in [5.41, 5.74) is 0. The van der Waals surface area contributed by atoms with Crippen molar-refractivity contribution in [3.05, 3.63) is 0 Å². The first-order valence-electron chi connectivity index (χ1n) is 9.53. The lowest BCUT2D eigenvalue weighted by Crippen LogP contribution is -2.12. The van der Waals surface area contributed by atoms with Crippen LogP contribution in [0.4, 0.5) is 0 Å². The standard InChI is InChI=1S/C19H36O2S/c1-2-3-4-5-6-9-12-17-15-22-16-18(17)13-10-7-8-11-14-19(20)21/h17-18H,2-16H2,1H3,(H,20,21). The second-order valence-electron chi connectivity index (χ2n) is 6.96. The van der Waals surface area contributed by atoms with Gasteiger partial charge < -0.3 is 5.11 Å². The van der Waals surface area contributed by atoms with Gasteiger partial charge in [0.1, 0.15) is 0 Å². The molecule has 0 aliphatic carbocycles. The summed E-state index contributed by atoms with van der Waals surface area (Å²) in [4.78, 5) is 10.5. The highest BCUT2D eigenvalue weighted by Gasteiger charge is 2.26. The average molecular weight is 329 g/mol. The van der Waals surface area contributed by atoms with Gasteiger partial charge in [-0.1, -0.05) is 64.7 Å². The predicted octanol–water partition coefficient (Wildman–Crippen LogP) is 6.14. The minimum atomic E-state index is -0.647. The van der Waals surface area contributed by atoms with Crippen molar-refractivity contribution in [1.29, 1.82) is 0 Å². The lowest BCUT2D eigenvalue weighted by Gasteiger charge is -2.18. The van der Waals surface area contributed by atoms with Gasteiger partial charge in [0, 0.05) is 6.42 Å². The zero-order chi connectivity index (χ0) is 16.0. The van der Waals surface area contributed by atoms with Gasteiger partial charge in [0.2, 0.25) is 0 Å². The summed E-state index contributed by atoms with van der Waals surface area (Å²) in [5.74, 6) is 4.02. The third-order valence-corrected chi connectivity index (χ3v) is 6.30. The third kappa shape index (κ3) is 9.76. The van der Waals surface area contributed by atoms with E-state index >= 15 is 0 Å². The molecule has 2 atom stereocenters. The van der Waals surface area contributed by atoms with Crippen LogP contribution in [0, 0.1) is 11.8 Å². The van der Waals surface area contributed by atoms with E-state index in [0.29, 0.717) is 6.42 Å². The van der Waals surface area contributed by atoms with Crippen molar-refractivity contribution in [3.63, 3.8) is 0 Å². The summed E-state index contributed by atoms with van der Waals surface area (Å²) in [6.07, 6.45) is 16.1. The SMILES string of the molecule is CCCCCCCCC1CSCC1CCCCCCC(=O)O. The molecule has 0 saturated carbocycles. The van der Waals surface area contributed by atoms with Crippen LogP contribution in [0.15, 0.2) is 0 Å². The molecule has 1 aliphatic heterocycles. The van der Waals surface area contributed by atoms with Gasteiger partial charge in [-0.3, -0.25) is 4.79 Å². The first-order chi connectivity index (χ1) is 10.7. The molecule has 1 heterocycles. The normalized spacial score (nSPS) is 21.3. The Kier molecular flexibility index (Phi) is 12.0. The highest BCUT2D eigenvalue weighted by Crippen LogP contribution is 2.36. The molecule has 2 unspecified atom stereocenters. The first kappa shape index (κ1) is 19.9. The molecule has 0 spiro atoms. The fraction of sp³-hybridized carbons (Fsp3) is 0.947. The fourth-order valence-corrected chi connectivity index (χ4v) is 5.12. The van der Waals surface area contributed by atoms with Crippen molar-refractivity contribution in [3.8, 4) is 0 Å². The summed E-state index contributed by atoms with van der Waals surface area (Å²) in [7, 11) is 0. The second kappa shape index (κ2) is 13.3. The lowest BCUT2D eigenvalue weighted by molar-refractivity contribution is -0.137. The van der Waals surface area contributed by atoms with Gasteiger partial charge in [-0.25, -0.2) is 0 Å². The topological polar surface area (TPSA) is 37.3 Å². The maximum Gasteiger partial charge on any atom is 0.303 e. The van der Waals surface area contributed by atoms with Crippen molar-refractivity contribution in [2.75, 3.05) is 11.5 Å². The van der Waals surface area contributed by atoms with Crippen LogP contribution in [0.3, 0.4) is 0 Å². The van der Waals surface area contributed by atoms with E-state index in [1.54, 1.807) is 0 Å². The number of hydrogen-bond donors (Lipinski definition) is 1. The number of thioether (sulfide) groups is 1. The van der Waals surface area contributed by atoms with Gasteiger partial charge >= 0.3 is 5.97 Å². The Morgan fingerprint density at radius 3 is 1.91 bits per heavy atom. The molecule has 1 saturated heterocycles. The van der Waals surface area contributed by atoms with Gasteiger partial charge in [-0.2, -0.15) is 11.8 Å². The molecule has 22 heavy (non-hydrogen) atoms. The van der Waals surface area contributed by atoms with Crippen molar-refractivity contribution in [2.24, 2.45) is 11.8 Å². The highest BCUT2D eigenvalue weighted by atomic mass is 32.2. The molecule has 1 aliphatic rings. The van der Waals surface area contributed by atoms with Gasteiger partial charge in [-0.05, 0) is 42.6 Å². The Morgan fingerprint density at radius 2 is 1.36 bits per heavy atom. The van der Waals surface area contributed by atoms with E-state index in [1.165, 1.54) is 75.7 Å². The monoisotopic (exact) mass is 328 g/mol. The van der Waals surface area contributed by atoms with Crippen LogP contribution in [-0.2, 0) is 4.79 Å². The van der Waals surface area contributed by atoms with E-state index in [4.69, 9.17) is 5.11 Å². The summed E-state index contributed by atoms with van der Waals surface area (Å²) < 4.78 is 0. The van der Waals surface area contributed by atoms with Crippen molar-refractivity contribution in [1.82, 2.24) is 0 Å². The Bertz CT molecular complexity index is 281. The van der Waals surface area contributed by atoms with E-state index in [9.17, 15) is 4.79 Å². The molecule has 1 N–H and O–H groups in total. The molecule has 130 valence electrons. The average Bonchev–Trinajstić information content (AvgIpc) is 2.93. The largest absolute Gasteiger partial charge is 0.481 e. The molecule has 0 aromatic rings. The molecule has 1 rings (SSSR count). The summed E-state index contributed by atoms with van der Waals surface area (Å²) in [6, 6.07) is 0. The van der Waals surface area contributed by atoms with Crippen LogP contribution in [0.25, 0.3) is 0 Å². The molecule has 0 bridgehead atoms. The van der Waals surface area contributed by atoms with Crippen LogP contribution >= 0.6 is 11.8 Å². The number of aliphatic carboxylic acids is 1. The zero-order valence-corrected chi connectivity index (χ0v) is 15.3. The van der Waals surface area contributed by atoms with Crippen molar-refractivity contribution < 1.29 is 9.90 Å². The lowest BCUT2D eigenvalue weighted by atomic mass is 9.86. The molecular weight excluding hydrogens is 292 g/mol. The van der Waals surface area contributed by atoms with Crippen LogP contribution in [-0.4, -0.2) is 22.6 Å². The second-order valence-corrected chi connectivity index (χ2v) is 8.04. The molecule has 0 radical (unpaired) electrons. The third-order valence-electron chi connectivity index (χ3n) is 4.97. The molecule has 1 fully saturated rings. The van der Waals surface area contributed by atoms with E-state index in [1.807, 2.05) is 0 Å². The Morgan fingerprint density at radius 1 is 0.864 bits per heavy atom. The number of unbranched alkanes of at least 4 members (excludes halogenated alkanes) is 8.